The van der Waals surface area contributed by atoms with Crippen LogP contribution in [0.5, 0.6) is 0 Å². The van der Waals surface area contributed by atoms with Gasteiger partial charge >= 0.3 is 0 Å². The van der Waals surface area contributed by atoms with Crippen LogP contribution in [0.1, 0.15) is 6.42 Å². The lowest BCUT2D eigenvalue weighted by Crippen LogP contribution is -2.28. The van der Waals surface area contributed by atoms with Gasteiger partial charge in [-0.15, -0.1) is 0 Å². The Bertz CT molecular complexity index is 735. The van der Waals surface area contributed by atoms with Crippen LogP contribution in [0.25, 0.3) is 0 Å². The molecule has 1 fully saturated rings. The molecule has 1 aliphatic heterocycles. The zero-order valence-corrected chi connectivity index (χ0v) is 14.5. The van der Waals surface area contributed by atoms with Crippen molar-refractivity contribution in [3.63, 3.8) is 0 Å². The zero-order valence-electron chi connectivity index (χ0n) is 13.6. The second-order valence-electron chi connectivity index (χ2n) is 6.18. The number of hydrogen-bond acceptors (Lipinski definition) is 5. The predicted molar refractivity (Wildman–Crippen MR) is 95.8 cm³/mol. The molecule has 0 bridgehead atoms. The molecule has 0 spiro atoms. The number of anilines is 1. The molecule has 6 heteroatoms. The number of rotatable bonds is 7. The molecule has 1 aromatic carbocycles. The molecule has 1 atom stereocenters. The van der Waals surface area contributed by atoms with Crippen LogP contribution in [0.15, 0.2) is 59.6 Å². The van der Waals surface area contributed by atoms with Crippen molar-refractivity contribution in [1.82, 2.24) is 9.88 Å². The van der Waals surface area contributed by atoms with E-state index in [0.717, 1.165) is 31.9 Å². The van der Waals surface area contributed by atoms with Crippen LogP contribution in [0.3, 0.4) is 0 Å². The number of benzene rings is 1. The summed E-state index contributed by atoms with van der Waals surface area (Å²) >= 11 is 0. The third kappa shape index (κ3) is 4.55. The first-order valence-electron chi connectivity index (χ1n) is 8.28. The van der Waals surface area contributed by atoms with E-state index in [4.69, 9.17) is 0 Å². The lowest BCUT2D eigenvalue weighted by Gasteiger charge is -2.16. The van der Waals surface area contributed by atoms with Gasteiger partial charge in [0.25, 0.3) is 0 Å². The first-order valence-corrected chi connectivity index (χ1v) is 9.94. The van der Waals surface area contributed by atoms with Crippen LogP contribution in [0.2, 0.25) is 0 Å². The molecule has 1 aromatic heterocycles. The molecule has 0 unspecified atom stereocenters. The van der Waals surface area contributed by atoms with Gasteiger partial charge in [-0.3, -0.25) is 0 Å². The maximum absolute atomic E-state index is 12.3. The number of sulfone groups is 1. The first kappa shape index (κ1) is 16.9. The van der Waals surface area contributed by atoms with Gasteiger partial charge in [0.2, 0.25) is 0 Å². The van der Waals surface area contributed by atoms with E-state index in [1.807, 2.05) is 24.3 Å². The minimum absolute atomic E-state index is 0.178. The summed E-state index contributed by atoms with van der Waals surface area (Å²) in [6.07, 6.45) is 2.86. The van der Waals surface area contributed by atoms with Crippen molar-refractivity contribution in [2.75, 3.05) is 37.2 Å². The number of aromatic nitrogens is 1. The number of likely N-dealkylation sites (tertiary alicyclic amines) is 1. The molecule has 3 rings (SSSR count). The van der Waals surface area contributed by atoms with E-state index >= 15 is 0 Å². The Kier molecular flexibility index (Phi) is 5.48. The summed E-state index contributed by atoms with van der Waals surface area (Å²) in [6, 6.07) is 14.5. The summed E-state index contributed by atoms with van der Waals surface area (Å²) in [6.45, 7) is 3.36. The fourth-order valence-corrected chi connectivity index (χ4v) is 4.30. The topological polar surface area (TPSA) is 62.3 Å². The Labute approximate surface area is 143 Å². The second-order valence-corrected chi connectivity index (χ2v) is 8.29. The monoisotopic (exact) mass is 345 g/mol. The quantitative estimate of drug-likeness (QED) is 0.834. The van der Waals surface area contributed by atoms with Gasteiger partial charge < -0.3 is 10.2 Å². The van der Waals surface area contributed by atoms with Gasteiger partial charge in [-0.2, -0.15) is 0 Å². The molecule has 0 amide bonds. The lowest BCUT2D eigenvalue weighted by molar-refractivity contribution is 0.345. The molecule has 0 radical (unpaired) electrons. The first-order chi connectivity index (χ1) is 11.6. The summed E-state index contributed by atoms with van der Waals surface area (Å²) in [4.78, 5) is 6.91. The minimum atomic E-state index is -3.19. The smallest absolute Gasteiger partial charge is 0.179 e. The third-order valence-electron chi connectivity index (χ3n) is 4.39. The summed E-state index contributed by atoms with van der Waals surface area (Å²) in [5, 5.41) is 3.35. The summed E-state index contributed by atoms with van der Waals surface area (Å²) in [5.74, 6) is 1.60. The Morgan fingerprint density at radius 3 is 2.67 bits per heavy atom. The molecule has 1 saturated heterocycles. The maximum atomic E-state index is 12.3. The van der Waals surface area contributed by atoms with E-state index in [9.17, 15) is 8.42 Å². The lowest BCUT2D eigenvalue weighted by atomic mass is 10.1. The van der Waals surface area contributed by atoms with Gasteiger partial charge in [-0.25, -0.2) is 13.4 Å². The fourth-order valence-electron chi connectivity index (χ4n) is 2.99. The highest BCUT2D eigenvalue weighted by Crippen LogP contribution is 2.18. The standard InChI is InChI=1S/C18H23N3O2S/c22-24(23,17-6-2-1-3-7-17)13-12-21-11-9-16(15-21)14-20-18-8-4-5-10-19-18/h1-8,10,16H,9,11-15H2,(H,19,20)/t16-/m0/s1. The Hall–Kier alpha value is -1.92. The van der Waals surface area contributed by atoms with Crippen molar-refractivity contribution in [3.05, 3.63) is 54.7 Å². The highest BCUT2D eigenvalue weighted by atomic mass is 32.2. The molecule has 0 saturated carbocycles. The normalized spacial score (nSPS) is 18.6. The van der Waals surface area contributed by atoms with Crippen LogP contribution >= 0.6 is 0 Å². The van der Waals surface area contributed by atoms with E-state index in [1.165, 1.54) is 0 Å². The third-order valence-corrected chi connectivity index (χ3v) is 6.10. The van der Waals surface area contributed by atoms with Crippen LogP contribution in [-0.4, -0.2) is 50.2 Å². The predicted octanol–water partition coefficient (Wildman–Crippen LogP) is 2.29. The van der Waals surface area contributed by atoms with Gasteiger partial charge in [-0.05, 0) is 43.1 Å². The number of hydrogen-bond donors (Lipinski definition) is 1. The van der Waals surface area contributed by atoms with E-state index in [2.05, 4.69) is 15.2 Å². The van der Waals surface area contributed by atoms with Crippen LogP contribution < -0.4 is 5.32 Å². The molecular weight excluding hydrogens is 322 g/mol. The van der Waals surface area contributed by atoms with E-state index < -0.39 is 9.84 Å². The van der Waals surface area contributed by atoms with Crippen LogP contribution in [-0.2, 0) is 9.84 Å². The molecule has 1 aliphatic rings. The molecule has 2 heterocycles. The molecular formula is C18H23N3O2S. The van der Waals surface area contributed by atoms with Crippen molar-refractivity contribution < 1.29 is 8.42 Å². The van der Waals surface area contributed by atoms with E-state index in [1.54, 1.807) is 30.5 Å². The molecule has 2 aromatic rings. The second kappa shape index (κ2) is 7.77. The SMILES string of the molecule is O=S(=O)(CCN1CC[C@@H](CNc2ccccn2)C1)c1ccccc1. The van der Waals surface area contributed by atoms with Crippen molar-refractivity contribution in [2.45, 2.75) is 11.3 Å². The number of nitrogens with zero attached hydrogens (tertiary/aromatic N) is 2. The fraction of sp³-hybridized carbons (Fsp3) is 0.389. The largest absolute Gasteiger partial charge is 0.370 e. The molecule has 128 valence electrons. The van der Waals surface area contributed by atoms with Gasteiger partial charge in [-0.1, -0.05) is 24.3 Å². The van der Waals surface area contributed by atoms with E-state index in [-0.39, 0.29) is 5.75 Å². The average molecular weight is 345 g/mol. The van der Waals surface area contributed by atoms with Crippen LogP contribution in [0, 0.1) is 5.92 Å². The molecule has 0 aliphatic carbocycles. The molecule has 24 heavy (non-hydrogen) atoms. The van der Waals surface area contributed by atoms with Gasteiger partial charge in [0, 0.05) is 25.8 Å². The van der Waals surface area contributed by atoms with Crippen molar-refractivity contribution in [1.29, 1.82) is 0 Å². The Morgan fingerprint density at radius 2 is 1.92 bits per heavy atom. The van der Waals surface area contributed by atoms with E-state index in [0.29, 0.717) is 17.4 Å². The molecule has 5 nitrogen and oxygen atoms in total. The van der Waals surface area contributed by atoms with Gasteiger partial charge in [0.15, 0.2) is 9.84 Å². The highest BCUT2D eigenvalue weighted by molar-refractivity contribution is 7.91. The average Bonchev–Trinajstić information content (AvgIpc) is 3.08. The minimum Gasteiger partial charge on any atom is -0.370 e. The van der Waals surface area contributed by atoms with Crippen molar-refractivity contribution in [3.8, 4) is 0 Å². The molecule has 1 N–H and O–H groups in total. The summed E-state index contributed by atoms with van der Waals surface area (Å²) in [5.41, 5.74) is 0. The highest BCUT2D eigenvalue weighted by Gasteiger charge is 2.24. The number of nitrogens with one attached hydrogen (secondary N) is 1. The summed E-state index contributed by atoms with van der Waals surface area (Å²) in [7, 11) is -3.19. The van der Waals surface area contributed by atoms with Gasteiger partial charge in [0.1, 0.15) is 5.82 Å². The van der Waals surface area contributed by atoms with Crippen LogP contribution in [0.4, 0.5) is 5.82 Å². The Balaban J connectivity index is 1.45. The van der Waals surface area contributed by atoms with Crippen molar-refractivity contribution in [2.24, 2.45) is 5.92 Å². The summed E-state index contributed by atoms with van der Waals surface area (Å²) < 4.78 is 24.7. The number of pyridine rings is 1. The Morgan fingerprint density at radius 1 is 1.12 bits per heavy atom. The maximum Gasteiger partial charge on any atom is 0.179 e. The zero-order chi connectivity index (χ0) is 16.8. The van der Waals surface area contributed by atoms with Gasteiger partial charge in [0.05, 0.1) is 10.6 Å². The van der Waals surface area contributed by atoms with Crippen molar-refractivity contribution >= 4 is 15.7 Å².